The first-order valence-corrected chi connectivity index (χ1v) is 9.81. The number of hydrogen-bond donors (Lipinski definition) is 1. The highest BCUT2D eigenvalue weighted by atomic mass is 32.2. The summed E-state index contributed by atoms with van der Waals surface area (Å²) in [5, 5.41) is 2.73. The molecular formula is C17H21N3O3S. The van der Waals surface area contributed by atoms with E-state index in [1.54, 1.807) is 24.6 Å². The Kier molecular flexibility index (Phi) is 6.31. The monoisotopic (exact) mass is 347 g/mol. The zero-order valence-electron chi connectivity index (χ0n) is 13.8. The second-order valence-electron chi connectivity index (χ2n) is 5.45. The van der Waals surface area contributed by atoms with Crippen LogP contribution in [0.25, 0.3) is 0 Å². The van der Waals surface area contributed by atoms with E-state index in [0.29, 0.717) is 31.1 Å². The van der Waals surface area contributed by atoms with Crippen LogP contribution in [0.3, 0.4) is 0 Å². The van der Waals surface area contributed by atoms with E-state index < -0.39 is 9.73 Å². The molecule has 24 heavy (non-hydrogen) atoms. The number of amides is 1. The Morgan fingerprint density at radius 1 is 1.25 bits per heavy atom. The van der Waals surface area contributed by atoms with Crippen LogP contribution in [0.1, 0.15) is 15.9 Å². The van der Waals surface area contributed by atoms with Crippen molar-refractivity contribution in [1.82, 2.24) is 10.3 Å². The van der Waals surface area contributed by atoms with E-state index in [9.17, 15) is 9.00 Å². The summed E-state index contributed by atoms with van der Waals surface area (Å²) in [6, 6.07) is 12.9. The number of aromatic nitrogens is 1. The molecular weight excluding hydrogens is 326 g/mol. The number of benzene rings is 1. The number of pyridine rings is 1. The number of rotatable bonds is 7. The molecule has 2 rings (SSSR count). The van der Waals surface area contributed by atoms with Gasteiger partial charge in [-0.15, -0.1) is 0 Å². The van der Waals surface area contributed by atoms with E-state index in [2.05, 4.69) is 14.7 Å². The minimum atomic E-state index is -2.13. The summed E-state index contributed by atoms with van der Waals surface area (Å²) in [5.41, 5.74) is 1.49. The molecule has 0 radical (unpaired) electrons. The molecule has 0 bridgehead atoms. The Bertz CT molecular complexity index is 792. The van der Waals surface area contributed by atoms with Gasteiger partial charge in [0.2, 0.25) is 5.88 Å². The van der Waals surface area contributed by atoms with Crippen LogP contribution in [0.2, 0.25) is 0 Å². The number of hydrogen-bond acceptors (Lipinski definition) is 5. The lowest BCUT2D eigenvalue weighted by atomic mass is 10.2. The summed E-state index contributed by atoms with van der Waals surface area (Å²) in [6.45, 7) is 1.04. The molecule has 0 aliphatic rings. The first kappa shape index (κ1) is 17.9. The molecule has 0 saturated carbocycles. The maximum absolute atomic E-state index is 12.1. The second kappa shape index (κ2) is 8.44. The lowest BCUT2D eigenvalue weighted by Crippen LogP contribution is -2.26. The zero-order valence-corrected chi connectivity index (χ0v) is 14.6. The molecule has 1 N–H and O–H groups in total. The lowest BCUT2D eigenvalue weighted by Gasteiger charge is -2.07. The molecule has 0 aliphatic carbocycles. The molecule has 2 aromatic rings. The molecule has 1 heterocycles. The van der Waals surface area contributed by atoms with Crippen LogP contribution in [0, 0.1) is 0 Å². The standard InChI is InChI=1S/C17H21N3O3S/c1-24(2,22)20-11-10-19-17(21)15-8-9-18-16(12-15)23-13-14-6-4-3-5-7-14/h3-9,12H,10-11,13H2,1-2H3,(H,19,21). The molecule has 6 nitrogen and oxygen atoms in total. The highest BCUT2D eigenvalue weighted by molar-refractivity contribution is 7.92. The van der Waals surface area contributed by atoms with Crippen LogP contribution < -0.4 is 10.1 Å². The van der Waals surface area contributed by atoms with Gasteiger partial charge in [0, 0.05) is 46.6 Å². The third kappa shape index (κ3) is 6.37. The molecule has 0 saturated heterocycles. The van der Waals surface area contributed by atoms with Gasteiger partial charge in [-0.2, -0.15) is 0 Å². The van der Waals surface area contributed by atoms with Crippen LogP contribution in [0.4, 0.5) is 0 Å². The maximum Gasteiger partial charge on any atom is 0.251 e. The number of nitrogens with one attached hydrogen (secondary N) is 1. The molecule has 0 aliphatic heterocycles. The highest BCUT2D eigenvalue weighted by Crippen LogP contribution is 2.11. The molecule has 7 heteroatoms. The average Bonchev–Trinajstić information content (AvgIpc) is 2.57. The van der Waals surface area contributed by atoms with Crippen molar-refractivity contribution < 1.29 is 13.7 Å². The Hall–Kier alpha value is -2.41. The van der Waals surface area contributed by atoms with Crippen molar-refractivity contribution in [3.8, 4) is 5.88 Å². The molecule has 0 spiro atoms. The molecule has 1 amide bonds. The van der Waals surface area contributed by atoms with E-state index >= 15 is 0 Å². The summed E-state index contributed by atoms with van der Waals surface area (Å²) in [6.07, 6.45) is 4.66. The van der Waals surface area contributed by atoms with E-state index in [4.69, 9.17) is 4.74 Å². The topological polar surface area (TPSA) is 80.7 Å². The maximum atomic E-state index is 12.1. The van der Waals surface area contributed by atoms with Crippen LogP contribution in [0.15, 0.2) is 53.0 Å². The fourth-order valence-corrected chi connectivity index (χ4v) is 2.43. The third-order valence-electron chi connectivity index (χ3n) is 3.03. The Morgan fingerprint density at radius 3 is 2.71 bits per heavy atom. The van der Waals surface area contributed by atoms with Gasteiger partial charge < -0.3 is 10.1 Å². The minimum absolute atomic E-state index is 0.240. The first-order chi connectivity index (χ1) is 11.4. The van der Waals surface area contributed by atoms with E-state index in [-0.39, 0.29) is 5.91 Å². The number of nitrogens with zero attached hydrogens (tertiary/aromatic N) is 2. The quantitative estimate of drug-likeness (QED) is 0.778. The van der Waals surface area contributed by atoms with Crippen molar-refractivity contribution in [3.05, 3.63) is 59.8 Å². The van der Waals surface area contributed by atoms with Crippen LogP contribution in [0.5, 0.6) is 5.88 Å². The van der Waals surface area contributed by atoms with Crippen LogP contribution in [-0.4, -0.2) is 40.7 Å². The highest BCUT2D eigenvalue weighted by Gasteiger charge is 2.07. The van der Waals surface area contributed by atoms with E-state index in [1.807, 2.05) is 30.3 Å². The first-order valence-electron chi connectivity index (χ1n) is 7.48. The second-order valence-corrected chi connectivity index (χ2v) is 8.07. The van der Waals surface area contributed by atoms with Gasteiger partial charge in [-0.25, -0.2) is 9.35 Å². The van der Waals surface area contributed by atoms with Crippen molar-refractivity contribution in [2.24, 2.45) is 4.36 Å². The largest absolute Gasteiger partial charge is 0.473 e. The number of carbonyl (C=O) groups excluding carboxylic acids is 1. The molecule has 128 valence electrons. The summed E-state index contributed by atoms with van der Waals surface area (Å²) in [5.74, 6) is 0.150. The van der Waals surface area contributed by atoms with Gasteiger partial charge >= 0.3 is 0 Å². The van der Waals surface area contributed by atoms with E-state index in [1.165, 1.54) is 6.20 Å². The average molecular weight is 347 g/mol. The number of carbonyl (C=O) groups is 1. The Balaban J connectivity index is 1.89. The third-order valence-corrected chi connectivity index (χ3v) is 3.83. The van der Waals surface area contributed by atoms with E-state index in [0.717, 1.165) is 5.56 Å². The van der Waals surface area contributed by atoms with Crippen molar-refractivity contribution in [2.75, 3.05) is 25.6 Å². The molecule has 1 aromatic carbocycles. The molecule has 0 fully saturated rings. The zero-order chi connectivity index (χ0) is 17.4. The summed E-state index contributed by atoms with van der Waals surface area (Å²) >= 11 is 0. The Labute approximate surface area is 142 Å². The van der Waals surface area contributed by atoms with Gasteiger partial charge in [0.25, 0.3) is 5.91 Å². The predicted octanol–water partition coefficient (Wildman–Crippen LogP) is 2.12. The van der Waals surface area contributed by atoms with Gasteiger partial charge in [0.1, 0.15) is 6.61 Å². The number of ether oxygens (including phenoxy) is 1. The summed E-state index contributed by atoms with van der Waals surface area (Å²) < 4.78 is 21.0. The summed E-state index contributed by atoms with van der Waals surface area (Å²) in [7, 11) is -2.13. The van der Waals surface area contributed by atoms with Crippen molar-refractivity contribution in [2.45, 2.75) is 6.61 Å². The molecule has 0 unspecified atom stereocenters. The van der Waals surface area contributed by atoms with Gasteiger partial charge in [-0.3, -0.25) is 9.00 Å². The fourth-order valence-electron chi connectivity index (χ4n) is 1.90. The summed E-state index contributed by atoms with van der Waals surface area (Å²) in [4.78, 5) is 16.2. The van der Waals surface area contributed by atoms with Gasteiger partial charge in [-0.1, -0.05) is 30.3 Å². The van der Waals surface area contributed by atoms with Crippen LogP contribution in [-0.2, 0) is 16.3 Å². The van der Waals surface area contributed by atoms with Crippen molar-refractivity contribution in [1.29, 1.82) is 0 Å². The van der Waals surface area contributed by atoms with Gasteiger partial charge in [-0.05, 0) is 11.6 Å². The molecule has 1 aromatic heterocycles. The van der Waals surface area contributed by atoms with Crippen molar-refractivity contribution >= 4 is 15.6 Å². The minimum Gasteiger partial charge on any atom is -0.473 e. The predicted molar refractivity (Wildman–Crippen MR) is 94.6 cm³/mol. The van der Waals surface area contributed by atoms with Gasteiger partial charge in [0.05, 0.1) is 6.54 Å². The smallest absolute Gasteiger partial charge is 0.251 e. The SMILES string of the molecule is CS(C)(=O)=NCCNC(=O)c1ccnc(OCc2ccccc2)c1. The normalized spacial score (nSPS) is 10.9. The van der Waals surface area contributed by atoms with Crippen molar-refractivity contribution in [3.63, 3.8) is 0 Å². The van der Waals surface area contributed by atoms with Crippen LogP contribution >= 0.6 is 0 Å². The molecule has 0 atom stereocenters. The lowest BCUT2D eigenvalue weighted by molar-refractivity contribution is 0.0954. The fraction of sp³-hybridized carbons (Fsp3) is 0.294. The Morgan fingerprint density at radius 2 is 2.00 bits per heavy atom. The van der Waals surface area contributed by atoms with Gasteiger partial charge in [0.15, 0.2) is 0 Å².